The van der Waals surface area contributed by atoms with Gasteiger partial charge in [0.25, 0.3) is 11.2 Å². The van der Waals surface area contributed by atoms with E-state index in [1.165, 1.54) is 28.0 Å². The van der Waals surface area contributed by atoms with Gasteiger partial charge in [0.15, 0.2) is 4.80 Å². The fraction of sp³-hybridized carbons (Fsp3) is 0.179. The number of carbonyl (C=O) groups is 1. The molecule has 0 aliphatic carbocycles. The summed E-state index contributed by atoms with van der Waals surface area (Å²) in [6.45, 7) is 5.43. The summed E-state index contributed by atoms with van der Waals surface area (Å²) in [5.41, 5.74) is 2.65. The number of halogens is 1. The first kappa shape index (κ1) is 26.5. The lowest BCUT2D eigenvalue weighted by molar-refractivity contribution is -0.384. The number of nitrogens with zero attached hydrogens (tertiary/aromatic N) is 3. The minimum Gasteiger partial charge on any atom is -0.463 e. The van der Waals surface area contributed by atoms with Gasteiger partial charge in [-0.15, -0.1) is 0 Å². The topological polar surface area (TPSA) is 117 Å². The maximum Gasteiger partial charge on any atom is 0.338 e. The second kappa shape index (κ2) is 10.6. The molecule has 0 spiro atoms. The van der Waals surface area contributed by atoms with Crippen molar-refractivity contribution in [2.45, 2.75) is 26.8 Å². The number of hydrogen-bond donors (Lipinski definition) is 0. The van der Waals surface area contributed by atoms with Crippen molar-refractivity contribution < 1.29 is 18.9 Å². The van der Waals surface area contributed by atoms with Crippen LogP contribution in [0.5, 0.6) is 0 Å². The number of carbonyl (C=O) groups excluding carboxylic acids is 1. The first-order valence-electron chi connectivity index (χ1n) is 12.0. The van der Waals surface area contributed by atoms with Crippen molar-refractivity contribution >= 4 is 45.0 Å². The summed E-state index contributed by atoms with van der Waals surface area (Å²) in [4.78, 5) is 42.4. The lowest BCUT2D eigenvalue weighted by Gasteiger charge is -2.24. The molecule has 1 aliphatic rings. The predicted octanol–water partition coefficient (Wildman–Crippen LogP) is 5.04. The minimum atomic E-state index is -0.703. The smallest absolute Gasteiger partial charge is 0.338 e. The van der Waals surface area contributed by atoms with Crippen molar-refractivity contribution in [3.8, 4) is 11.3 Å². The van der Waals surface area contributed by atoms with E-state index in [0.717, 1.165) is 10.0 Å². The Kier molecular flexibility index (Phi) is 7.19. The number of hydrogen-bond acceptors (Lipinski definition) is 8. The maximum atomic E-state index is 13.7. The van der Waals surface area contributed by atoms with E-state index in [9.17, 15) is 19.7 Å². The molecular formula is C28H22BrN3O6S. The number of rotatable bonds is 6. The summed E-state index contributed by atoms with van der Waals surface area (Å²) in [5, 5.41) is 11.1. The van der Waals surface area contributed by atoms with Gasteiger partial charge in [-0.05, 0) is 62.2 Å². The molecule has 0 radical (unpaired) electrons. The number of nitro groups is 1. The summed E-state index contributed by atoms with van der Waals surface area (Å²) in [7, 11) is 0. The highest BCUT2D eigenvalue weighted by atomic mass is 79.9. The maximum absolute atomic E-state index is 13.7. The monoisotopic (exact) mass is 607 g/mol. The van der Waals surface area contributed by atoms with Crippen LogP contribution >= 0.6 is 27.3 Å². The Bertz CT molecular complexity index is 1830. The summed E-state index contributed by atoms with van der Waals surface area (Å²) in [5.74, 6) is 0.444. The van der Waals surface area contributed by atoms with E-state index >= 15 is 0 Å². The quantitative estimate of drug-likeness (QED) is 0.172. The molecule has 1 aliphatic heterocycles. The van der Waals surface area contributed by atoms with Crippen molar-refractivity contribution in [3.05, 3.63) is 117 Å². The Morgan fingerprint density at radius 1 is 1.21 bits per heavy atom. The molecule has 2 aromatic heterocycles. The van der Waals surface area contributed by atoms with Crippen LogP contribution in [0.3, 0.4) is 0 Å². The van der Waals surface area contributed by atoms with Gasteiger partial charge in [0, 0.05) is 28.2 Å². The van der Waals surface area contributed by atoms with Crippen LogP contribution < -0.4 is 14.9 Å². The first-order valence-corrected chi connectivity index (χ1v) is 13.6. The van der Waals surface area contributed by atoms with Crippen LogP contribution in [0.1, 0.15) is 36.8 Å². The number of furan rings is 1. The number of ether oxygens (including phenoxy) is 1. The van der Waals surface area contributed by atoms with E-state index in [0.29, 0.717) is 43.3 Å². The van der Waals surface area contributed by atoms with Crippen molar-refractivity contribution in [1.82, 2.24) is 4.57 Å². The van der Waals surface area contributed by atoms with Crippen molar-refractivity contribution in [1.29, 1.82) is 0 Å². The Morgan fingerprint density at radius 3 is 2.62 bits per heavy atom. The van der Waals surface area contributed by atoms with E-state index in [4.69, 9.17) is 9.15 Å². The van der Waals surface area contributed by atoms with Crippen molar-refractivity contribution in [2.75, 3.05) is 6.61 Å². The average Bonchev–Trinajstić information content (AvgIpc) is 3.48. The van der Waals surface area contributed by atoms with Gasteiger partial charge in [0.05, 0.1) is 33.4 Å². The van der Waals surface area contributed by atoms with Gasteiger partial charge in [0.1, 0.15) is 11.5 Å². The Hall–Kier alpha value is -4.09. The van der Waals surface area contributed by atoms with Gasteiger partial charge in [-0.25, -0.2) is 9.79 Å². The molecule has 1 atom stereocenters. The molecule has 198 valence electrons. The number of benzene rings is 2. The molecule has 4 aromatic rings. The number of allylic oxidation sites excluding steroid dienone is 1. The van der Waals surface area contributed by atoms with Gasteiger partial charge in [-0.1, -0.05) is 39.4 Å². The van der Waals surface area contributed by atoms with Crippen molar-refractivity contribution in [2.24, 2.45) is 4.99 Å². The van der Waals surface area contributed by atoms with E-state index in [2.05, 4.69) is 20.9 Å². The number of non-ortho nitro benzene ring substituents is 1. The molecule has 0 amide bonds. The first-order chi connectivity index (χ1) is 18.7. The largest absolute Gasteiger partial charge is 0.463 e. The van der Waals surface area contributed by atoms with Gasteiger partial charge in [-0.2, -0.15) is 0 Å². The zero-order valence-electron chi connectivity index (χ0n) is 21.1. The number of fused-ring (bicyclic) bond motifs is 1. The molecule has 0 N–H and O–H groups in total. The molecule has 0 saturated carbocycles. The summed E-state index contributed by atoms with van der Waals surface area (Å²) >= 11 is 4.64. The molecule has 0 unspecified atom stereocenters. The lowest BCUT2D eigenvalue weighted by Crippen LogP contribution is -2.39. The molecule has 5 rings (SSSR count). The highest BCUT2D eigenvalue weighted by molar-refractivity contribution is 9.10. The number of aromatic nitrogens is 1. The summed E-state index contributed by atoms with van der Waals surface area (Å²) in [6.07, 6.45) is 1.63. The van der Waals surface area contributed by atoms with Crippen LogP contribution in [0.4, 0.5) is 5.69 Å². The molecule has 3 heterocycles. The van der Waals surface area contributed by atoms with Crippen LogP contribution in [-0.4, -0.2) is 22.1 Å². The number of thiazole rings is 1. The zero-order chi connectivity index (χ0) is 27.8. The summed E-state index contributed by atoms with van der Waals surface area (Å²) in [6, 6.07) is 14.8. The second-order valence-electron chi connectivity index (χ2n) is 8.81. The summed E-state index contributed by atoms with van der Waals surface area (Å²) < 4.78 is 14.1. The van der Waals surface area contributed by atoms with E-state index < -0.39 is 16.9 Å². The third-order valence-corrected chi connectivity index (χ3v) is 7.80. The van der Waals surface area contributed by atoms with Crippen molar-refractivity contribution in [3.63, 3.8) is 0 Å². The van der Waals surface area contributed by atoms with Gasteiger partial charge >= 0.3 is 5.97 Å². The standard InChI is InChI=1S/C28H22BrN3O6S/c1-4-37-27(34)24-16(3)30-28-31(25(24)17-5-7-18(29)8-6-17)26(33)23(39-28)14-20-10-12-22(38-20)21-11-9-19(32(35)36)13-15(21)2/h5-14,25H,4H2,1-3H3/b23-14-/t25-/m0/s1. The van der Waals surface area contributed by atoms with Crippen LogP contribution in [0.2, 0.25) is 0 Å². The fourth-order valence-electron chi connectivity index (χ4n) is 4.49. The lowest BCUT2D eigenvalue weighted by atomic mass is 9.96. The van der Waals surface area contributed by atoms with E-state index in [1.807, 2.05) is 24.3 Å². The highest BCUT2D eigenvalue weighted by Gasteiger charge is 2.33. The molecule has 0 fully saturated rings. The molecular weight excluding hydrogens is 586 g/mol. The van der Waals surface area contributed by atoms with E-state index in [1.54, 1.807) is 45.0 Å². The highest BCUT2D eigenvalue weighted by Crippen LogP contribution is 2.32. The van der Waals surface area contributed by atoms with Crippen LogP contribution in [0, 0.1) is 17.0 Å². The Balaban J connectivity index is 1.60. The van der Waals surface area contributed by atoms with E-state index in [-0.39, 0.29) is 17.9 Å². The fourth-order valence-corrected chi connectivity index (χ4v) is 5.79. The van der Waals surface area contributed by atoms with Gasteiger partial charge < -0.3 is 9.15 Å². The van der Waals surface area contributed by atoms with Crippen LogP contribution in [-0.2, 0) is 9.53 Å². The molecule has 0 saturated heterocycles. The number of esters is 1. The molecule has 39 heavy (non-hydrogen) atoms. The second-order valence-corrected chi connectivity index (χ2v) is 10.7. The van der Waals surface area contributed by atoms with Crippen LogP contribution in [0.25, 0.3) is 17.4 Å². The minimum absolute atomic E-state index is 0.00180. The average molecular weight is 608 g/mol. The van der Waals surface area contributed by atoms with Gasteiger partial charge in [0.2, 0.25) is 0 Å². The third kappa shape index (κ3) is 5.02. The van der Waals surface area contributed by atoms with Gasteiger partial charge in [-0.3, -0.25) is 19.5 Å². The molecule has 9 nitrogen and oxygen atoms in total. The van der Waals surface area contributed by atoms with Crippen LogP contribution in [0.15, 0.2) is 84.5 Å². The number of aryl methyl sites for hydroxylation is 1. The molecule has 2 aromatic carbocycles. The molecule has 0 bridgehead atoms. The normalized spacial score (nSPS) is 15.2. The molecule has 11 heteroatoms. The third-order valence-electron chi connectivity index (χ3n) is 6.29. The SMILES string of the molecule is CCOC(=O)C1=C(C)N=c2s/c(=C\c3ccc(-c4ccc([N+](=O)[O-])cc4C)o3)c(=O)n2[C@H]1c1ccc(Br)cc1. The Labute approximate surface area is 234 Å². The predicted molar refractivity (Wildman–Crippen MR) is 150 cm³/mol. The number of nitro benzene ring substituents is 1. The Morgan fingerprint density at radius 2 is 1.95 bits per heavy atom. The zero-order valence-corrected chi connectivity index (χ0v) is 23.5.